The molecule has 2 atom stereocenters. The molecule has 0 radical (unpaired) electrons. The third-order valence-corrected chi connectivity index (χ3v) is 8.13. The van der Waals surface area contributed by atoms with Crippen LogP contribution in [-0.4, -0.2) is 69.7 Å². The van der Waals surface area contributed by atoms with E-state index in [1.165, 1.54) is 36.4 Å². The fourth-order valence-corrected chi connectivity index (χ4v) is 6.25. The Morgan fingerprint density at radius 1 is 1.15 bits per heavy atom. The number of hydrogen-bond donors (Lipinski definition) is 0. The van der Waals surface area contributed by atoms with Gasteiger partial charge in [-0.05, 0) is 24.8 Å². The van der Waals surface area contributed by atoms with Crippen LogP contribution in [0.4, 0.5) is 0 Å². The van der Waals surface area contributed by atoms with Crippen molar-refractivity contribution >= 4 is 33.2 Å². The fourth-order valence-electron chi connectivity index (χ4n) is 3.96. The number of hydrogen-bond acceptors (Lipinski definition) is 5. The Bertz CT molecular complexity index is 800. The fraction of sp³-hybridized carbons (Fsp3) is 0.647. The number of methoxy groups -OCH3 is 1. The summed E-state index contributed by atoms with van der Waals surface area (Å²) in [5, 5.41) is 0.341. The van der Waals surface area contributed by atoms with E-state index in [9.17, 15) is 8.42 Å². The monoisotopic (exact) mass is 420 g/mol. The number of ether oxygens (including phenoxy) is 2. The topological polar surface area (TPSA) is 59.1 Å². The molecule has 0 aromatic heterocycles. The molecular weight excluding hydrogens is 399 g/mol. The summed E-state index contributed by atoms with van der Waals surface area (Å²) in [5.41, 5.74) is 0. The summed E-state index contributed by atoms with van der Waals surface area (Å²) in [6, 6.07) is 3.33. The smallest absolute Gasteiger partial charge is 0.244 e. The van der Waals surface area contributed by atoms with Gasteiger partial charge in [-0.2, -0.15) is 4.31 Å². The number of rotatable bonds is 4. The second kappa shape index (κ2) is 7.11. The Balaban J connectivity index is 1.57. The molecule has 26 heavy (non-hydrogen) atoms. The first kappa shape index (κ1) is 18.8. The molecule has 1 saturated carbocycles. The van der Waals surface area contributed by atoms with Gasteiger partial charge in [0.1, 0.15) is 10.6 Å². The minimum Gasteiger partial charge on any atom is -0.495 e. The van der Waals surface area contributed by atoms with Gasteiger partial charge in [-0.15, -0.1) is 0 Å². The molecule has 2 heterocycles. The van der Waals surface area contributed by atoms with Crippen LogP contribution < -0.4 is 4.74 Å². The molecule has 9 heteroatoms. The summed E-state index contributed by atoms with van der Waals surface area (Å²) < 4.78 is 38.7. The Kier molecular flexibility index (Phi) is 5.14. The van der Waals surface area contributed by atoms with E-state index in [2.05, 4.69) is 4.90 Å². The average molecular weight is 421 g/mol. The van der Waals surface area contributed by atoms with Gasteiger partial charge in [0, 0.05) is 37.8 Å². The lowest BCUT2D eigenvalue weighted by atomic mass is 10.0. The van der Waals surface area contributed by atoms with Crippen molar-refractivity contribution in [2.45, 2.75) is 29.8 Å². The third kappa shape index (κ3) is 3.34. The van der Waals surface area contributed by atoms with Crippen LogP contribution in [-0.2, 0) is 14.8 Å². The lowest BCUT2D eigenvalue weighted by Gasteiger charge is -2.47. The van der Waals surface area contributed by atoms with Crippen molar-refractivity contribution in [3.63, 3.8) is 0 Å². The zero-order valence-electron chi connectivity index (χ0n) is 14.5. The molecule has 2 saturated heterocycles. The number of fused-ring (bicyclic) bond motifs is 1. The van der Waals surface area contributed by atoms with Gasteiger partial charge in [-0.1, -0.05) is 23.2 Å². The normalized spacial score (nSPS) is 28.0. The summed E-state index contributed by atoms with van der Waals surface area (Å²) in [5.74, 6) is 1.06. The molecule has 0 bridgehead atoms. The van der Waals surface area contributed by atoms with Gasteiger partial charge in [0.2, 0.25) is 10.0 Å². The molecule has 144 valence electrons. The molecule has 3 aliphatic rings. The molecule has 0 unspecified atom stereocenters. The average Bonchev–Trinajstić information content (AvgIpc) is 3.47. The number of benzene rings is 1. The SMILES string of the molecule is COc1cc(Cl)c(S(=O)(=O)N2CCN3[C@@H](COC[C@@H]3C3CC3)C2)cc1Cl. The van der Waals surface area contributed by atoms with Gasteiger partial charge >= 0.3 is 0 Å². The highest BCUT2D eigenvalue weighted by atomic mass is 35.5. The van der Waals surface area contributed by atoms with Crippen molar-refractivity contribution in [2.24, 2.45) is 5.92 Å². The lowest BCUT2D eigenvalue weighted by Crippen LogP contribution is -2.63. The van der Waals surface area contributed by atoms with E-state index in [0.29, 0.717) is 37.4 Å². The van der Waals surface area contributed by atoms with E-state index < -0.39 is 10.0 Å². The number of morpholine rings is 1. The maximum atomic E-state index is 13.1. The zero-order chi connectivity index (χ0) is 18.5. The molecule has 0 amide bonds. The van der Waals surface area contributed by atoms with E-state index in [1.54, 1.807) is 0 Å². The molecule has 1 aromatic rings. The first-order valence-corrected chi connectivity index (χ1v) is 11.0. The summed E-state index contributed by atoms with van der Waals surface area (Å²) >= 11 is 12.3. The zero-order valence-corrected chi connectivity index (χ0v) is 16.9. The summed E-state index contributed by atoms with van der Waals surface area (Å²) in [6.07, 6.45) is 2.50. The van der Waals surface area contributed by atoms with Crippen molar-refractivity contribution in [3.8, 4) is 5.75 Å². The second-order valence-corrected chi connectivity index (χ2v) is 9.83. The van der Waals surface area contributed by atoms with Gasteiger partial charge in [-0.3, -0.25) is 4.90 Å². The van der Waals surface area contributed by atoms with Gasteiger partial charge in [0.15, 0.2) is 0 Å². The van der Waals surface area contributed by atoms with Crippen LogP contribution in [0.2, 0.25) is 10.0 Å². The summed E-state index contributed by atoms with van der Waals surface area (Å²) in [6.45, 7) is 2.89. The highest BCUT2D eigenvalue weighted by Crippen LogP contribution is 2.39. The van der Waals surface area contributed by atoms with E-state index in [0.717, 1.165) is 13.2 Å². The van der Waals surface area contributed by atoms with Crippen molar-refractivity contribution in [1.82, 2.24) is 9.21 Å². The molecular formula is C17H22Cl2N2O4S. The molecule has 6 nitrogen and oxygen atoms in total. The van der Waals surface area contributed by atoms with Crippen LogP contribution in [0.25, 0.3) is 0 Å². The minimum absolute atomic E-state index is 0.0221. The quantitative estimate of drug-likeness (QED) is 0.748. The first-order chi connectivity index (χ1) is 12.4. The van der Waals surface area contributed by atoms with Crippen LogP contribution in [0.1, 0.15) is 12.8 Å². The van der Waals surface area contributed by atoms with Crippen molar-refractivity contribution in [2.75, 3.05) is 40.0 Å². The lowest BCUT2D eigenvalue weighted by molar-refractivity contribution is -0.0759. The highest BCUT2D eigenvalue weighted by Gasteiger charge is 2.45. The minimum atomic E-state index is -3.73. The Morgan fingerprint density at radius 2 is 1.92 bits per heavy atom. The number of halogens is 2. The van der Waals surface area contributed by atoms with Crippen LogP contribution in [0.15, 0.2) is 17.0 Å². The van der Waals surface area contributed by atoms with E-state index in [4.69, 9.17) is 32.7 Å². The largest absolute Gasteiger partial charge is 0.495 e. The first-order valence-electron chi connectivity index (χ1n) is 8.78. The summed E-state index contributed by atoms with van der Waals surface area (Å²) in [4.78, 5) is 2.46. The molecule has 1 aliphatic carbocycles. The number of sulfonamides is 1. The number of piperazine rings is 1. The Morgan fingerprint density at radius 3 is 2.62 bits per heavy atom. The van der Waals surface area contributed by atoms with Crippen molar-refractivity contribution in [1.29, 1.82) is 0 Å². The maximum Gasteiger partial charge on any atom is 0.244 e. The molecule has 4 rings (SSSR count). The third-order valence-electron chi connectivity index (χ3n) is 5.51. The van der Waals surface area contributed by atoms with Gasteiger partial charge < -0.3 is 9.47 Å². The molecule has 0 spiro atoms. The van der Waals surface area contributed by atoms with Gasteiger partial charge in [0.05, 0.1) is 30.4 Å². The van der Waals surface area contributed by atoms with E-state index >= 15 is 0 Å². The predicted octanol–water partition coefficient (Wildman–Crippen LogP) is 2.49. The molecule has 3 fully saturated rings. The number of nitrogens with zero attached hydrogens (tertiary/aromatic N) is 2. The molecule has 0 N–H and O–H groups in total. The molecule has 1 aromatic carbocycles. The maximum absolute atomic E-state index is 13.1. The van der Waals surface area contributed by atoms with E-state index in [1.807, 2.05) is 0 Å². The highest BCUT2D eigenvalue weighted by molar-refractivity contribution is 7.89. The predicted molar refractivity (Wildman–Crippen MR) is 99.6 cm³/mol. The van der Waals surface area contributed by atoms with E-state index in [-0.39, 0.29) is 21.0 Å². The van der Waals surface area contributed by atoms with Crippen molar-refractivity contribution in [3.05, 3.63) is 22.2 Å². The van der Waals surface area contributed by atoms with Crippen LogP contribution in [0.5, 0.6) is 5.75 Å². The standard InChI is InChI=1S/C17H22Cl2N2O4S/c1-24-16-6-14(19)17(7-13(16)18)26(22,23)20-4-5-21-12(8-20)9-25-10-15(21)11-2-3-11/h6-7,11-12,15H,2-5,8-10H2,1H3/t12-,15-/m1/s1. The van der Waals surface area contributed by atoms with Crippen LogP contribution >= 0.6 is 23.2 Å². The second-order valence-electron chi connectivity index (χ2n) is 7.11. The van der Waals surface area contributed by atoms with Crippen molar-refractivity contribution < 1.29 is 17.9 Å². The summed E-state index contributed by atoms with van der Waals surface area (Å²) in [7, 11) is -2.27. The Labute approximate surface area is 164 Å². The van der Waals surface area contributed by atoms with Crippen LogP contribution in [0, 0.1) is 5.92 Å². The van der Waals surface area contributed by atoms with Gasteiger partial charge in [-0.25, -0.2) is 8.42 Å². The Hall–Kier alpha value is -0.570. The molecule has 2 aliphatic heterocycles. The van der Waals surface area contributed by atoms with Crippen LogP contribution in [0.3, 0.4) is 0 Å². The van der Waals surface area contributed by atoms with Gasteiger partial charge in [0.25, 0.3) is 0 Å².